The smallest absolute Gasteiger partial charge is 0.145 e. The summed E-state index contributed by atoms with van der Waals surface area (Å²) in [5.41, 5.74) is 7.82. The summed E-state index contributed by atoms with van der Waals surface area (Å²) in [6, 6.07) is 7.94. The van der Waals surface area contributed by atoms with Crippen LogP contribution in [-0.2, 0) is 0 Å². The largest absolute Gasteiger partial charge is 0.484 e. The van der Waals surface area contributed by atoms with Gasteiger partial charge in [0.05, 0.1) is 0 Å². The third-order valence-corrected chi connectivity index (χ3v) is 4.32. The van der Waals surface area contributed by atoms with Crippen molar-refractivity contribution in [3.63, 3.8) is 0 Å². The first-order valence-electron chi connectivity index (χ1n) is 5.78. The summed E-state index contributed by atoms with van der Waals surface area (Å²) in [5.74, 6) is 0.818. The van der Waals surface area contributed by atoms with Crippen LogP contribution in [0.25, 0.3) is 0 Å². The lowest BCUT2D eigenvalue weighted by atomic mass is 10.1. The van der Waals surface area contributed by atoms with E-state index in [0.29, 0.717) is 6.54 Å². The highest BCUT2D eigenvalue weighted by molar-refractivity contribution is 7.10. The molecule has 2 nitrogen and oxygen atoms in total. The van der Waals surface area contributed by atoms with Crippen LogP contribution in [0.2, 0.25) is 5.02 Å². The van der Waals surface area contributed by atoms with Gasteiger partial charge in [0.2, 0.25) is 0 Å². The van der Waals surface area contributed by atoms with Crippen molar-refractivity contribution in [1.29, 1.82) is 0 Å². The fourth-order valence-electron chi connectivity index (χ4n) is 1.84. The van der Waals surface area contributed by atoms with Crippen LogP contribution in [0.4, 0.5) is 0 Å². The minimum Gasteiger partial charge on any atom is -0.484 e. The molecule has 0 aliphatic heterocycles. The molecule has 4 heteroatoms. The molecule has 1 aromatic heterocycles. The van der Waals surface area contributed by atoms with Crippen molar-refractivity contribution in [1.82, 2.24) is 0 Å². The van der Waals surface area contributed by atoms with Crippen LogP contribution in [0.15, 0.2) is 29.6 Å². The van der Waals surface area contributed by atoms with Crippen molar-refractivity contribution in [3.05, 3.63) is 50.7 Å². The standard InChI is InChI=1S/C14H16ClNOS/c1-9-6-11(7-10(2)14(9)15)17-12(8-16)13-4-3-5-18-13/h3-7,12H,8,16H2,1-2H3. The highest BCUT2D eigenvalue weighted by Crippen LogP contribution is 2.30. The topological polar surface area (TPSA) is 35.2 Å². The second kappa shape index (κ2) is 5.74. The minimum atomic E-state index is -0.0926. The molecular weight excluding hydrogens is 266 g/mol. The van der Waals surface area contributed by atoms with Gasteiger partial charge in [0.15, 0.2) is 0 Å². The molecule has 1 atom stereocenters. The molecular formula is C14H16ClNOS. The second-order valence-corrected chi connectivity index (χ2v) is 5.59. The Kier molecular flexibility index (Phi) is 4.27. The first-order chi connectivity index (χ1) is 8.61. The molecule has 1 unspecified atom stereocenters. The average Bonchev–Trinajstić information content (AvgIpc) is 2.86. The zero-order chi connectivity index (χ0) is 13.1. The maximum absolute atomic E-state index is 6.14. The normalized spacial score (nSPS) is 12.4. The van der Waals surface area contributed by atoms with E-state index < -0.39 is 0 Å². The maximum Gasteiger partial charge on any atom is 0.145 e. The summed E-state index contributed by atoms with van der Waals surface area (Å²) in [4.78, 5) is 1.14. The number of halogens is 1. The summed E-state index contributed by atoms with van der Waals surface area (Å²) >= 11 is 7.80. The van der Waals surface area contributed by atoms with Crippen molar-refractivity contribution in [2.75, 3.05) is 6.54 Å². The Morgan fingerprint density at radius 1 is 1.33 bits per heavy atom. The molecule has 96 valence electrons. The van der Waals surface area contributed by atoms with Crippen LogP contribution < -0.4 is 10.5 Å². The maximum atomic E-state index is 6.14. The quantitative estimate of drug-likeness (QED) is 0.916. The third-order valence-electron chi connectivity index (χ3n) is 2.76. The van der Waals surface area contributed by atoms with E-state index in [0.717, 1.165) is 26.8 Å². The van der Waals surface area contributed by atoms with Crippen LogP contribution in [0.3, 0.4) is 0 Å². The predicted molar refractivity (Wildman–Crippen MR) is 77.7 cm³/mol. The van der Waals surface area contributed by atoms with Gasteiger partial charge in [-0.2, -0.15) is 0 Å². The molecule has 1 heterocycles. The highest BCUT2D eigenvalue weighted by atomic mass is 35.5. The van der Waals surface area contributed by atoms with Crippen LogP contribution in [0, 0.1) is 13.8 Å². The van der Waals surface area contributed by atoms with E-state index in [-0.39, 0.29) is 6.10 Å². The molecule has 0 saturated heterocycles. The number of nitrogens with two attached hydrogens (primary N) is 1. The van der Waals surface area contributed by atoms with E-state index in [9.17, 15) is 0 Å². The second-order valence-electron chi connectivity index (χ2n) is 4.23. The Labute approximate surface area is 116 Å². The summed E-state index contributed by atoms with van der Waals surface area (Å²) in [6.45, 7) is 4.41. The molecule has 2 N–H and O–H groups in total. The van der Waals surface area contributed by atoms with Crippen molar-refractivity contribution in [2.24, 2.45) is 5.73 Å². The number of hydrogen-bond acceptors (Lipinski definition) is 3. The summed E-state index contributed by atoms with van der Waals surface area (Å²) in [6.07, 6.45) is -0.0926. The van der Waals surface area contributed by atoms with Gasteiger partial charge in [0.1, 0.15) is 11.9 Å². The number of rotatable bonds is 4. The zero-order valence-corrected chi connectivity index (χ0v) is 12.0. The Morgan fingerprint density at radius 3 is 2.50 bits per heavy atom. The number of benzene rings is 1. The Morgan fingerprint density at radius 2 is 2.00 bits per heavy atom. The molecule has 2 aromatic rings. The monoisotopic (exact) mass is 281 g/mol. The van der Waals surface area contributed by atoms with Crippen molar-refractivity contribution in [2.45, 2.75) is 20.0 Å². The molecule has 0 radical (unpaired) electrons. The molecule has 0 fully saturated rings. The van der Waals surface area contributed by atoms with Gasteiger partial charge >= 0.3 is 0 Å². The average molecular weight is 282 g/mol. The lowest BCUT2D eigenvalue weighted by molar-refractivity contribution is 0.218. The number of ether oxygens (including phenoxy) is 1. The van der Waals surface area contributed by atoms with E-state index in [4.69, 9.17) is 22.1 Å². The lowest BCUT2D eigenvalue weighted by Crippen LogP contribution is -2.17. The fourth-order valence-corrected chi connectivity index (χ4v) is 2.71. The summed E-state index contributed by atoms with van der Waals surface area (Å²) in [7, 11) is 0. The lowest BCUT2D eigenvalue weighted by Gasteiger charge is -2.17. The Hall–Kier alpha value is -1.03. The van der Waals surface area contributed by atoms with E-state index in [1.165, 1.54) is 0 Å². The number of aryl methyl sites for hydroxylation is 2. The fraction of sp³-hybridized carbons (Fsp3) is 0.286. The van der Waals surface area contributed by atoms with Gasteiger partial charge in [-0.1, -0.05) is 17.7 Å². The van der Waals surface area contributed by atoms with Crippen molar-refractivity contribution >= 4 is 22.9 Å². The molecule has 0 spiro atoms. The number of hydrogen-bond donors (Lipinski definition) is 1. The molecule has 18 heavy (non-hydrogen) atoms. The molecule has 0 aliphatic rings. The molecule has 0 aliphatic carbocycles. The summed E-state index contributed by atoms with van der Waals surface area (Å²) < 4.78 is 5.95. The summed E-state index contributed by atoms with van der Waals surface area (Å²) in [5, 5.41) is 2.82. The van der Waals surface area contributed by atoms with Gasteiger partial charge in [-0.05, 0) is 48.6 Å². The molecule has 0 bridgehead atoms. The van der Waals surface area contributed by atoms with Crippen LogP contribution >= 0.6 is 22.9 Å². The Balaban J connectivity index is 2.23. The predicted octanol–water partition coefficient (Wildman–Crippen LogP) is 4.10. The van der Waals surface area contributed by atoms with Crippen LogP contribution in [-0.4, -0.2) is 6.54 Å². The van der Waals surface area contributed by atoms with Crippen molar-refractivity contribution < 1.29 is 4.74 Å². The van der Waals surface area contributed by atoms with Crippen molar-refractivity contribution in [3.8, 4) is 5.75 Å². The van der Waals surface area contributed by atoms with Gasteiger partial charge in [0.25, 0.3) is 0 Å². The van der Waals surface area contributed by atoms with E-state index in [1.54, 1.807) is 11.3 Å². The minimum absolute atomic E-state index is 0.0926. The first-order valence-corrected chi connectivity index (χ1v) is 7.04. The molecule has 0 amide bonds. The molecule has 0 saturated carbocycles. The molecule has 2 rings (SSSR count). The zero-order valence-electron chi connectivity index (χ0n) is 10.4. The van der Waals surface area contributed by atoms with E-state index >= 15 is 0 Å². The van der Waals surface area contributed by atoms with Gasteiger partial charge in [-0.25, -0.2) is 0 Å². The van der Waals surface area contributed by atoms with Gasteiger partial charge in [0, 0.05) is 16.4 Å². The molecule has 1 aromatic carbocycles. The van der Waals surface area contributed by atoms with Crippen LogP contribution in [0.1, 0.15) is 22.1 Å². The first kappa shape index (κ1) is 13.4. The van der Waals surface area contributed by atoms with Gasteiger partial charge in [-0.3, -0.25) is 0 Å². The third kappa shape index (κ3) is 2.86. The number of thiophene rings is 1. The van der Waals surface area contributed by atoms with Gasteiger partial charge in [-0.15, -0.1) is 11.3 Å². The van der Waals surface area contributed by atoms with E-state index in [1.807, 2.05) is 43.5 Å². The van der Waals surface area contributed by atoms with Gasteiger partial charge < -0.3 is 10.5 Å². The highest BCUT2D eigenvalue weighted by Gasteiger charge is 2.13. The Bertz CT molecular complexity index is 502. The SMILES string of the molecule is Cc1cc(OC(CN)c2cccs2)cc(C)c1Cl. The van der Waals surface area contributed by atoms with Crippen LogP contribution in [0.5, 0.6) is 5.75 Å². The van der Waals surface area contributed by atoms with E-state index in [2.05, 4.69) is 0 Å².